The van der Waals surface area contributed by atoms with Gasteiger partial charge in [0.05, 0.1) is 4.90 Å². The van der Waals surface area contributed by atoms with Crippen LogP contribution in [0.3, 0.4) is 0 Å². The number of rotatable bonds is 6. The zero-order chi connectivity index (χ0) is 19.5. The highest BCUT2D eigenvalue weighted by Gasteiger charge is 2.44. The van der Waals surface area contributed by atoms with Crippen molar-refractivity contribution in [2.75, 3.05) is 19.8 Å². The molecule has 0 amide bonds. The van der Waals surface area contributed by atoms with Gasteiger partial charge in [-0.15, -0.1) is 24.0 Å². The topological polar surface area (TPSA) is 70.6 Å². The van der Waals surface area contributed by atoms with Crippen LogP contribution in [0.15, 0.2) is 58.4 Å². The van der Waals surface area contributed by atoms with E-state index in [0.29, 0.717) is 11.4 Å². The molecule has 8 heteroatoms. The van der Waals surface area contributed by atoms with Crippen molar-refractivity contribution in [2.24, 2.45) is 4.99 Å². The third kappa shape index (κ3) is 5.84. The molecule has 0 unspecified atom stereocenters. The van der Waals surface area contributed by atoms with Crippen molar-refractivity contribution in [2.45, 2.75) is 29.7 Å². The van der Waals surface area contributed by atoms with Crippen molar-refractivity contribution in [1.29, 1.82) is 0 Å². The fraction of sp³-hybridized carbons (Fsp3) is 0.350. The van der Waals surface area contributed by atoms with E-state index in [2.05, 4.69) is 21.7 Å². The van der Waals surface area contributed by atoms with Crippen LogP contribution in [0.5, 0.6) is 0 Å². The maximum absolute atomic E-state index is 11.5. The van der Waals surface area contributed by atoms with Crippen molar-refractivity contribution in [3.8, 4) is 0 Å². The van der Waals surface area contributed by atoms with Gasteiger partial charge in [0.2, 0.25) is 0 Å². The number of halogens is 2. The zero-order valence-electron chi connectivity index (χ0n) is 15.9. The molecule has 3 rings (SSSR count). The number of sulfone groups is 1. The molecule has 1 saturated carbocycles. The van der Waals surface area contributed by atoms with Gasteiger partial charge in [-0.25, -0.2) is 8.42 Å². The fourth-order valence-corrected chi connectivity index (χ4v) is 3.87. The molecule has 0 bridgehead atoms. The fourth-order valence-electron chi connectivity index (χ4n) is 3.05. The first-order chi connectivity index (χ1) is 12.8. The molecule has 0 spiro atoms. The highest BCUT2D eigenvalue weighted by Crippen LogP contribution is 2.48. The van der Waals surface area contributed by atoms with E-state index in [-0.39, 0.29) is 29.4 Å². The molecule has 0 aromatic heterocycles. The Labute approximate surface area is 188 Å². The van der Waals surface area contributed by atoms with Gasteiger partial charge in [-0.2, -0.15) is 0 Å². The Bertz CT molecular complexity index is 942. The van der Waals surface area contributed by atoms with Gasteiger partial charge in [0, 0.05) is 36.8 Å². The first kappa shape index (κ1) is 23.0. The maximum atomic E-state index is 11.5. The Hall–Kier alpha value is -1.32. The lowest BCUT2D eigenvalue weighted by atomic mass is 9.96. The van der Waals surface area contributed by atoms with Crippen molar-refractivity contribution < 1.29 is 8.42 Å². The van der Waals surface area contributed by atoms with Gasteiger partial charge in [0.1, 0.15) is 0 Å². The smallest absolute Gasteiger partial charge is 0.191 e. The predicted octanol–water partition coefficient (Wildman–Crippen LogP) is 3.76. The number of guanidine groups is 1. The maximum Gasteiger partial charge on any atom is 0.191 e. The summed E-state index contributed by atoms with van der Waals surface area (Å²) in [5, 5.41) is 7.43. The summed E-state index contributed by atoms with van der Waals surface area (Å²) in [6.45, 7) is 1.36. The number of nitrogens with zero attached hydrogens (tertiary/aromatic N) is 1. The molecule has 0 heterocycles. The van der Waals surface area contributed by atoms with E-state index in [1.54, 1.807) is 19.2 Å². The zero-order valence-corrected chi connectivity index (χ0v) is 19.8. The number of benzene rings is 2. The van der Waals surface area contributed by atoms with Gasteiger partial charge < -0.3 is 10.6 Å². The molecular weight excluding hydrogens is 509 g/mol. The van der Waals surface area contributed by atoms with Crippen LogP contribution in [0.2, 0.25) is 5.02 Å². The first-order valence-corrected chi connectivity index (χ1v) is 11.1. The van der Waals surface area contributed by atoms with Gasteiger partial charge >= 0.3 is 0 Å². The molecule has 1 aliphatic carbocycles. The van der Waals surface area contributed by atoms with Crippen molar-refractivity contribution in [3.05, 3.63) is 64.7 Å². The number of hydrogen-bond donors (Lipinski definition) is 2. The van der Waals surface area contributed by atoms with Crippen molar-refractivity contribution in [3.63, 3.8) is 0 Å². The lowest BCUT2D eigenvalue weighted by molar-refractivity contribution is 0.602. The van der Waals surface area contributed by atoms with E-state index in [1.807, 2.05) is 30.3 Å². The van der Waals surface area contributed by atoms with Gasteiger partial charge in [-0.1, -0.05) is 35.9 Å². The summed E-state index contributed by atoms with van der Waals surface area (Å²) in [5.41, 5.74) is 2.37. The average Bonchev–Trinajstić information content (AvgIpc) is 3.43. The summed E-state index contributed by atoms with van der Waals surface area (Å²) in [5.74, 6) is 0.718. The van der Waals surface area contributed by atoms with Crippen molar-refractivity contribution in [1.82, 2.24) is 10.6 Å². The monoisotopic (exact) mass is 533 g/mol. The summed E-state index contributed by atoms with van der Waals surface area (Å²) in [6.07, 6.45) is 3.47. The average molecular weight is 534 g/mol. The molecule has 1 aliphatic rings. The Morgan fingerprint density at radius 3 is 2.36 bits per heavy atom. The SMILES string of the molecule is CN=C(NCc1ccc(S(C)(=O)=O)cc1)NCC1(c2cccc(Cl)c2)CC1.I. The van der Waals surface area contributed by atoms with Crippen LogP contribution in [-0.4, -0.2) is 34.2 Å². The van der Waals surface area contributed by atoms with Crippen LogP contribution in [0, 0.1) is 0 Å². The van der Waals surface area contributed by atoms with Crippen LogP contribution in [0.1, 0.15) is 24.0 Å². The summed E-state index contributed by atoms with van der Waals surface area (Å²) in [7, 11) is -1.43. The van der Waals surface area contributed by atoms with Gasteiger partial charge in [-0.05, 0) is 48.2 Å². The molecule has 2 aromatic carbocycles. The standard InChI is InChI=1S/C20H24ClN3O2S.HI/c1-22-19(23-13-15-6-8-18(9-7-15)27(2,25)26)24-14-20(10-11-20)16-4-3-5-17(21)12-16;/h3-9,12H,10-11,13-14H2,1-2H3,(H2,22,23,24);1H. The van der Waals surface area contributed by atoms with Crippen LogP contribution in [-0.2, 0) is 21.8 Å². The van der Waals surface area contributed by atoms with Crippen LogP contribution < -0.4 is 10.6 Å². The lowest BCUT2D eigenvalue weighted by Crippen LogP contribution is -2.40. The molecule has 152 valence electrons. The van der Waals surface area contributed by atoms with Crippen LogP contribution in [0.4, 0.5) is 0 Å². The second-order valence-electron chi connectivity index (χ2n) is 6.99. The molecule has 0 atom stereocenters. The highest BCUT2D eigenvalue weighted by molar-refractivity contribution is 14.0. The number of hydrogen-bond acceptors (Lipinski definition) is 3. The Balaban J connectivity index is 0.00000280. The molecule has 1 fully saturated rings. The third-order valence-corrected chi connectivity index (χ3v) is 6.28. The molecule has 0 aliphatic heterocycles. The summed E-state index contributed by atoms with van der Waals surface area (Å²) in [4.78, 5) is 4.60. The molecule has 5 nitrogen and oxygen atoms in total. The second-order valence-corrected chi connectivity index (χ2v) is 9.44. The van der Waals surface area contributed by atoms with E-state index in [4.69, 9.17) is 11.6 Å². The predicted molar refractivity (Wildman–Crippen MR) is 126 cm³/mol. The van der Waals surface area contributed by atoms with Gasteiger partial charge in [0.15, 0.2) is 15.8 Å². The Morgan fingerprint density at radius 2 is 1.82 bits per heavy atom. The van der Waals surface area contributed by atoms with E-state index < -0.39 is 9.84 Å². The largest absolute Gasteiger partial charge is 0.356 e. The van der Waals surface area contributed by atoms with Crippen molar-refractivity contribution >= 4 is 51.4 Å². The summed E-state index contributed by atoms with van der Waals surface area (Å²) in [6, 6.07) is 14.9. The minimum absolute atomic E-state index is 0. The highest BCUT2D eigenvalue weighted by atomic mass is 127. The number of aliphatic imine (C=N–C) groups is 1. The minimum atomic E-state index is -3.17. The lowest BCUT2D eigenvalue weighted by Gasteiger charge is -2.19. The molecule has 0 radical (unpaired) electrons. The van der Waals surface area contributed by atoms with Gasteiger partial charge in [0.25, 0.3) is 0 Å². The normalized spacial score (nSPS) is 15.5. The van der Waals surface area contributed by atoms with E-state index in [1.165, 1.54) is 11.8 Å². The Morgan fingerprint density at radius 1 is 1.14 bits per heavy atom. The Kier molecular flexibility index (Phi) is 7.75. The first-order valence-electron chi connectivity index (χ1n) is 8.82. The van der Waals surface area contributed by atoms with Crippen LogP contribution in [0.25, 0.3) is 0 Å². The molecule has 28 heavy (non-hydrogen) atoms. The minimum Gasteiger partial charge on any atom is -0.356 e. The van der Waals surface area contributed by atoms with E-state index in [9.17, 15) is 8.42 Å². The summed E-state index contributed by atoms with van der Waals surface area (Å²) < 4.78 is 23.1. The summed E-state index contributed by atoms with van der Waals surface area (Å²) >= 11 is 6.13. The molecule has 0 saturated heterocycles. The van der Waals surface area contributed by atoms with Gasteiger partial charge in [-0.3, -0.25) is 4.99 Å². The molecule has 2 N–H and O–H groups in total. The molecular formula is C20H25ClIN3O2S. The van der Waals surface area contributed by atoms with Crippen LogP contribution >= 0.6 is 35.6 Å². The van der Waals surface area contributed by atoms with E-state index in [0.717, 1.165) is 35.9 Å². The number of nitrogens with one attached hydrogen (secondary N) is 2. The molecule has 2 aromatic rings. The van der Waals surface area contributed by atoms with E-state index >= 15 is 0 Å². The quantitative estimate of drug-likeness (QED) is 0.337. The third-order valence-electron chi connectivity index (χ3n) is 4.92. The second kappa shape index (κ2) is 9.45.